The molecular formula is C26H26FN3O2. The molecule has 0 unspecified atom stereocenters. The Morgan fingerprint density at radius 1 is 0.812 bits per heavy atom. The first-order chi connectivity index (χ1) is 15.6. The van der Waals surface area contributed by atoms with Gasteiger partial charge in [-0.1, -0.05) is 30.3 Å². The summed E-state index contributed by atoms with van der Waals surface area (Å²) in [5, 5.41) is 2.92. The third-order valence-electron chi connectivity index (χ3n) is 5.59. The number of amides is 2. The highest BCUT2D eigenvalue weighted by molar-refractivity contribution is 6.04. The van der Waals surface area contributed by atoms with Gasteiger partial charge in [-0.3, -0.25) is 14.5 Å². The lowest BCUT2D eigenvalue weighted by molar-refractivity contribution is 0.0761. The predicted octanol–water partition coefficient (Wildman–Crippen LogP) is 4.43. The van der Waals surface area contributed by atoms with Crippen LogP contribution in [0.15, 0.2) is 78.9 Å². The smallest absolute Gasteiger partial charge is 0.255 e. The van der Waals surface area contributed by atoms with Crippen LogP contribution in [0.1, 0.15) is 32.7 Å². The fraction of sp³-hybridized carbons (Fsp3) is 0.231. The van der Waals surface area contributed by atoms with E-state index in [0.717, 1.165) is 30.8 Å². The second kappa shape index (κ2) is 10.2. The van der Waals surface area contributed by atoms with E-state index in [1.54, 1.807) is 0 Å². The van der Waals surface area contributed by atoms with E-state index in [2.05, 4.69) is 10.2 Å². The summed E-state index contributed by atoms with van der Waals surface area (Å²) >= 11 is 0. The Morgan fingerprint density at radius 2 is 1.59 bits per heavy atom. The molecular weight excluding hydrogens is 405 g/mol. The number of rotatable bonds is 5. The Labute approximate surface area is 187 Å². The fourth-order valence-corrected chi connectivity index (χ4v) is 3.90. The minimum Gasteiger partial charge on any atom is -0.337 e. The van der Waals surface area contributed by atoms with Crippen LogP contribution in [-0.2, 0) is 6.54 Å². The van der Waals surface area contributed by atoms with Crippen molar-refractivity contribution in [2.24, 2.45) is 0 Å². The summed E-state index contributed by atoms with van der Waals surface area (Å²) in [5.41, 5.74) is 2.96. The molecule has 32 heavy (non-hydrogen) atoms. The van der Waals surface area contributed by atoms with Gasteiger partial charge in [0.05, 0.1) is 0 Å². The van der Waals surface area contributed by atoms with Crippen molar-refractivity contribution in [1.29, 1.82) is 0 Å². The van der Waals surface area contributed by atoms with Gasteiger partial charge in [0, 0.05) is 49.5 Å². The standard InChI is InChI=1S/C26H26FN3O2/c27-23-12-10-21(11-13-23)26(32)30-15-5-14-29(16-17-30)19-20-6-4-7-22(18-20)25(31)28-24-8-2-1-3-9-24/h1-4,6-13,18H,5,14-17,19H2,(H,28,31). The van der Waals surface area contributed by atoms with Crippen molar-refractivity contribution in [2.45, 2.75) is 13.0 Å². The van der Waals surface area contributed by atoms with Crippen LogP contribution in [0.2, 0.25) is 0 Å². The molecule has 0 bridgehead atoms. The molecule has 1 saturated heterocycles. The molecule has 0 saturated carbocycles. The van der Waals surface area contributed by atoms with E-state index in [9.17, 15) is 14.0 Å². The van der Waals surface area contributed by atoms with Crippen LogP contribution >= 0.6 is 0 Å². The Bertz CT molecular complexity index is 1070. The summed E-state index contributed by atoms with van der Waals surface area (Å²) in [4.78, 5) is 29.5. The molecule has 1 aliphatic heterocycles. The van der Waals surface area contributed by atoms with Gasteiger partial charge in [-0.2, -0.15) is 0 Å². The molecule has 6 heteroatoms. The van der Waals surface area contributed by atoms with Crippen molar-refractivity contribution >= 4 is 17.5 Å². The normalized spacial score (nSPS) is 14.6. The molecule has 0 spiro atoms. The van der Waals surface area contributed by atoms with Crippen LogP contribution in [0.25, 0.3) is 0 Å². The van der Waals surface area contributed by atoms with Gasteiger partial charge < -0.3 is 10.2 Å². The first-order valence-corrected chi connectivity index (χ1v) is 10.8. The Morgan fingerprint density at radius 3 is 2.38 bits per heavy atom. The molecule has 0 radical (unpaired) electrons. The molecule has 0 aliphatic carbocycles. The number of carbonyl (C=O) groups excluding carboxylic acids is 2. The quantitative estimate of drug-likeness (QED) is 0.650. The molecule has 164 valence electrons. The van der Waals surface area contributed by atoms with Gasteiger partial charge in [-0.05, 0) is 60.5 Å². The van der Waals surface area contributed by atoms with Crippen molar-refractivity contribution in [3.05, 3.63) is 101 Å². The van der Waals surface area contributed by atoms with Gasteiger partial charge in [0.1, 0.15) is 5.82 Å². The van der Waals surface area contributed by atoms with Crippen molar-refractivity contribution < 1.29 is 14.0 Å². The molecule has 2 amide bonds. The van der Waals surface area contributed by atoms with Crippen LogP contribution in [0.4, 0.5) is 10.1 Å². The number of carbonyl (C=O) groups is 2. The van der Waals surface area contributed by atoms with E-state index in [1.807, 2.05) is 59.5 Å². The van der Waals surface area contributed by atoms with Crippen molar-refractivity contribution in [3.8, 4) is 0 Å². The molecule has 1 N–H and O–H groups in total. The molecule has 5 nitrogen and oxygen atoms in total. The Hall–Kier alpha value is -3.51. The molecule has 3 aromatic rings. The average molecular weight is 432 g/mol. The summed E-state index contributed by atoms with van der Waals surface area (Å²) in [6.45, 7) is 3.61. The summed E-state index contributed by atoms with van der Waals surface area (Å²) in [5.74, 6) is -0.542. The van der Waals surface area contributed by atoms with Gasteiger partial charge in [0.25, 0.3) is 11.8 Å². The van der Waals surface area contributed by atoms with E-state index >= 15 is 0 Å². The predicted molar refractivity (Wildman–Crippen MR) is 123 cm³/mol. The van der Waals surface area contributed by atoms with Crippen LogP contribution in [0.3, 0.4) is 0 Å². The van der Waals surface area contributed by atoms with Gasteiger partial charge in [-0.25, -0.2) is 4.39 Å². The molecule has 1 heterocycles. The fourth-order valence-electron chi connectivity index (χ4n) is 3.90. The van der Waals surface area contributed by atoms with E-state index in [1.165, 1.54) is 24.3 Å². The third kappa shape index (κ3) is 5.59. The van der Waals surface area contributed by atoms with E-state index in [-0.39, 0.29) is 17.6 Å². The Kier molecular flexibility index (Phi) is 6.92. The number of nitrogens with one attached hydrogen (secondary N) is 1. The minimum absolute atomic E-state index is 0.0635. The maximum Gasteiger partial charge on any atom is 0.255 e. The number of para-hydroxylation sites is 1. The van der Waals surface area contributed by atoms with Crippen LogP contribution in [0.5, 0.6) is 0 Å². The first-order valence-electron chi connectivity index (χ1n) is 10.8. The third-order valence-corrected chi connectivity index (χ3v) is 5.59. The van der Waals surface area contributed by atoms with Crippen molar-refractivity contribution in [2.75, 3.05) is 31.5 Å². The highest BCUT2D eigenvalue weighted by Crippen LogP contribution is 2.15. The summed E-state index contributed by atoms with van der Waals surface area (Å²) in [6, 6.07) is 22.8. The zero-order valence-electron chi connectivity index (χ0n) is 17.8. The summed E-state index contributed by atoms with van der Waals surface area (Å²) in [6.07, 6.45) is 0.862. The average Bonchev–Trinajstić information content (AvgIpc) is 3.05. The second-order valence-electron chi connectivity index (χ2n) is 7.95. The number of halogens is 1. The van der Waals surface area contributed by atoms with Crippen LogP contribution in [-0.4, -0.2) is 47.8 Å². The number of nitrogens with zero attached hydrogens (tertiary/aromatic N) is 2. The molecule has 1 aliphatic rings. The maximum absolute atomic E-state index is 13.1. The van der Waals surface area contributed by atoms with Gasteiger partial charge >= 0.3 is 0 Å². The SMILES string of the molecule is O=C(Nc1ccccc1)c1cccc(CN2CCCN(C(=O)c3ccc(F)cc3)CC2)c1. The molecule has 3 aromatic carbocycles. The Balaban J connectivity index is 1.35. The zero-order valence-corrected chi connectivity index (χ0v) is 17.8. The topological polar surface area (TPSA) is 52.7 Å². The lowest BCUT2D eigenvalue weighted by Crippen LogP contribution is -2.35. The van der Waals surface area contributed by atoms with Gasteiger partial charge in [-0.15, -0.1) is 0 Å². The molecule has 0 atom stereocenters. The van der Waals surface area contributed by atoms with Gasteiger partial charge in [0.15, 0.2) is 0 Å². The highest BCUT2D eigenvalue weighted by atomic mass is 19.1. The number of benzene rings is 3. The highest BCUT2D eigenvalue weighted by Gasteiger charge is 2.20. The minimum atomic E-state index is -0.344. The largest absolute Gasteiger partial charge is 0.337 e. The van der Waals surface area contributed by atoms with E-state index < -0.39 is 0 Å². The summed E-state index contributed by atoms with van der Waals surface area (Å²) < 4.78 is 13.1. The van der Waals surface area contributed by atoms with E-state index in [4.69, 9.17) is 0 Å². The monoisotopic (exact) mass is 431 g/mol. The number of hydrogen-bond donors (Lipinski definition) is 1. The van der Waals surface area contributed by atoms with Crippen molar-refractivity contribution in [1.82, 2.24) is 9.80 Å². The molecule has 4 rings (SSSR count). The van der Waals surface area contributed by atoms with Crippen LogP contribution in [0, 0.1) is 5.82 Å². The lowest BCUT2D eigenvalue weighted by Gasteiger charge is -2.22. The molecule has 1 fully saturated rings. The lowest BCUT2D eigenvalue weighted by atomic mass is 10.1. The van der Waals surface area contributed by atoms with E-state index in [0.29, 0.717) is 30.8 Å². The summed E-state index contributed by atoms with van der Waals surface area (Å²) in [7, 11) is 0. The molecule has 0 aromatic heterocycles. The zero-order chi connectivity index (χ0) is 22.3. The number of hydrogen-bond acceptors (Lipinski definition) is 3. The van der Waals surface area contributed by atoms with Crippen LogP contribution < -0.4 is 5.32 Å². The first kappa shape index (κ1) is 21.7. The van der Waals surface area contributed by atoms with Gasteiger partial charge in [0.2, 0.25) is 0 Å². The second-order valence-corrected chi connectivity index (χ2v) is 7.95. The number of anilines is 1. The van der Waals surface area contributed by atoms with Crippen molar-refractivity contribution in [3.63, 3.8) is 0 Å². The maximum atomic E-state index is 13.1.